The van der Waals surface area contributed by atoms with E-state index in [1.165, 1.54) is 0 Å². The van der Waals surface area contributed by atoms with Gasteiger partial charge in [-0.15, -0.1) is 5.10 Å². The van der Waals surface area contributed by atoms with Crippen molar-refractivity contribution in [1.29, 1.82) is 0 Å². The molecule has 0 spiro atoms. The number of halogens is 1. The Hall–Kier alpha value is -3.75. The van der Waals surface area contributed by atoms with Crippen LogP contribution in [0.1, 0.15) is 43.0 Å². The lowest BCUT2D eigenvalue weighted by Gasteiger charge is -2.28. The van der Waals surface area contributed by atoms with Crippen molar-refractivity contribution < 1.29 is 14.3 Å². The number of hydrogen-bond donors (Lipinski definition) is 1. The molecule has 9 heteroatoms. The highest BCUT2D eigenvalue weighted by atomic mass is 35.5. The number of ether oxygens (including phenoxy) is 2. The lowest BCUT2D eigenvalue weighted by atomic mass is 9.95. The molecule has 39 heavy (non-hydrogen) atoms. The number of anilines is 1. The molecule has 4 aromatic rings. The predicted molar refractivity (Wildman–Crippen MR) is 154 cm³/mol. The van der Waals surface area contributed by atoms with Crippen LogP contribution in [0.15, 0.2) is 95.3 Å². The number of carbonyl (C=O) groups is 1. The second-order valence-electron chi connectivity index (χ2n) is 9.13. The van der Waals surface area contributed by atoms with E-state index in [0.717, 1.165) is 28.9 Å². The Morgan fingerprint density at radius 3 is 2.54 bits per heavy atom. The predicted octanol–water partition coefficient (Wildman–Crippen LogP) is 7.04. The fourth-order valence-corrected chi connectivity index (χ4v) is 5.20. The third-order valence-electron chi connectivity index (χ3n) is 6.19. The van der Waals surface area contributed by atoms with E-state index >= 15 is 0 Å². The van der Waals surface area contributed by atoms with Crippen molar-refractivity contribution >= 4 is 35.3 Å². The molecule has 1 aliphatic rings. The topological polar surface area (TPSA) is 78.3 Å². The summed E-state index contributed by atoms with van der Waals surface area (Å²) in [6.07, 6.45) is 1.01. The summed E-state index contributed by atoms with van der Waals surface area (Å²) in [5.41, 5.74) is 3.95. The number of benzene rings is 3. The second kappa shape index (κ2) is 12.4. The summed E-state index contributed by atoms with van der Waals surface area (Å²) in [6, 6.07) is 24.4. The normalized spacial score (nSPS) is 14.5. The van der Waals surface area contributed by atoms with Crippen LogP contribution in [0.5, 0.6) is 5.75 Å². The van der Waals surface area contributed by atoms with Gasteiger partial charge < -0.3 is 14.8 Å². The van der Waals surface area contributed by atoms with Gasteiger partial charge in [0.15, 0.2) is 0 Å². The molecule has 0 bridgehead atoms. The molecule has 5 rings (SSSR count). The number of aromatic nitrogens is 3. The number of nitrogens with one attached hydrogen (secondary N) is 1. The molecule has 0 amide bonds. The van der Waals surface area contributed by atoms with Gasteiger partial charge in [-0.05, 0) is 54.3 Å². The summed E-state index contributed by atoms with van der Waals surface area (Å²) < 4.78 is 13.5. The summed E-state index contributed by atoms with van der Waals surface area (Å²) in [7, 11) is 0. The SMILES string of the molecule is CCCSc1nc2n(n1)C(c1ccc(OCc3cccc(Cl)c3)cc1)C(C(=O)OCc1ccccc1)=C(C)N2. The Kier molecular flexibility index (Phi) is 8.54. The van der Waals surface area contributed by atoms with Crippen LogP contribution in [0.2, 0.25) is 5.02 Å². The molecule has 0 radical (unpaired) electrons. The van der Waals surface area contributed by atoms with E-state index in [9.17, 15) is 4.79 Å². The molecule has 1 aromatic heterocycles. The van der Waals surface area contributed by atoms with Crippen molar-refractivity contribution in [2.75, 3.05) is 11.1 Å². The van der Waals surface area contributed by atoms with Crippen LogP contribution in [0.3, 0.4) is 0 Å². The Bertz CT molecular complexity index is 1470. The van der Waals surface area contributed by atoms with E-state index in [2.05, 4.69) is 17.2 Å². The molecule has 200 valence electrons. The number of esters is 1. The van der Waals surface area contributed by atoms with Crippen molar-refractivity contribution in [2.24, 2.45) is 0 Å². The number of nitrogens with zero attached hydrogens (tertiary/aromatic N) is 3. The first-order chi connectivity index (χ1) is 19.0. The number of thioether (sulfide) groups is 1. The van der Waals surface area contributed by atoms with Gasteiger partial charge in [0.2, 0.25) is 11.1 Å². The molecule has 1 atom stereocenters. The minimum atomic E-state index is -0.505. The third-order valence-corrected chi connectivity index (χ3v) is 7.47. The zero-order chi connectivity index (χ0) is 27.2. The van der Waals surface area contributed by atoms with Crippen LogP contribution >= 0.6 is 23.4 Å². The lowest BCUT2D eigenvalue weighted by molar-refractivity contribution is -0.140. The molecule has 0 aliphatic carbocycles. The Morgan fingerprint density at radius 2 is 1.79 bits per heavy atom. The summed E-state index contributed by atoms with van der Waals surface area (Å²) in [6.45, 7) is 4.56. The summed E-state index contributed by atoms with van der Waals surface area (Å²) in [5.74, 6) is 1.81. The zero-order valence-electron chi connectivity index (χ0n) is 21.8. The number of carbonyl (C=O) groups excluding carboxylic acids is 1. The van der Waals surface area contributed by atoms with Crippen LogP contribution in [-0.2, 0) is 22.7 Å². The van der Waals surface area contributed by atoms with Crippen molar-refractivity contribution in [3.8, 4) is 5.75 Å². The van der Waals surface area contributed by atoms with Crippen molar-refractivity contribution in [1.82, 2.24) is 14.8 Å². The first kappa shape index (κ1) is 26.8. The maximum Gasteiger partial charge on any atom is 0.338 e. The number of rotatable bonds is 10. The van der Waals surface area contributed by atoms with Gasteiger partial charge >= 0.3 is 5.97 Å². The summed E-state index contributed by atoms with van der Waals surface area (Å²) in [4.78, 5) is 18.2. The largest absolute Gasteiger partial charge is 0.489 e. The van der Waals surface area contributed by atoms with Gasteiger partial charge in [-0.25, -0.2) is 9.48 Å². The molecule has 2 heterocycles. The van der Waals surface area contributed by atoms with Gasteiger partial charge in [-0.2, -0.15) is 4.98 Å². The highest BCUT2D eigenvalue weighted by Crippen LogP contribution is 2.37. The average molecular weight is 561 g/mol. The first-order valence-electron chi connectivity index (χ1n) is 12.8. The Balaban J connectivity index is 1.41. The molecule has 7 nitrogen and oxygen atoms in total. The number of hydrogen-bond acceptors (Lipinski definition) is 7. The standard InChI is InChI=1S/C30H29ClN4O3S/c1-3-16-39-30-33-29-32-20(2)26(28(36)38-18-21-8-5-4-6-9-21)27(35(29)34-30)23-12-14-25(15-13-23)37-19-22-10-7-11-24(31)17-22/h4-15,17,27H,3,16,18-19H2,1-2H3,(H,32,33,34). The maximum absolute atomic E-state index is 13.5. The molecular weight excluding hydrogens is 532 g/mol. The van der Waals surface area contributed by atoms with E-state index in [-0.39, 0.29) is 6.61 Å². The van der Waals surface area contributed by atoms with Crippen LogP contribution in [0.4, 0.5) is 5.95 Å². The van der Waals surface area contributed by atoms with Gasteiger partial charge in [-0.1, -0.05) is 84.9 Å². The van der Waals surface area contributed by atoms with Gasteiger partial charge in [0.25, 0.3) is 0 Å². The highest BCUT2D eigenvalue weighted by molar-refractivity contribution is 7.99. The first-order valence-corrected chi connectivity index (χ1v) is 14.1. The molecule has 0 saturated carbocycles. The molecule has 0 fully saturated rings. The van der Waals surface area contributed by atoms with E-state index in [4.69, 9.17) is 26.2 Å². The smallest absolute Gasteiger partial charge is 0.338 e. The summed E-state index contributed by atoms with van der Waals surface area (Å²) in [5, 5.41) is 9.35. The lowest BCUT2D eigenvalue weighted by Crippen LogP contribution is -2.29. The van der Waals surface area contributed by atoms with E-state index in [0.29, 0.717) is 39.8 Å². The number of allylic oxidation sites excluding steroid dienone is 1. The van der Waals surface area contributed by atoms with Crippen LogP contribution < -0.4 is 10.1 Å². The zero-order valence-corrected chi connectivity index (χ0v) is 23.3. The summed E-state index contributed by atoms with van der Waals surface area (Å²) >= 11 is 7.69. The monoisotopic (exact) mass is 560 g/mol. The van der Waals surface area contributed by atoms with Crippen LogP contribution in [0, 0.1) is 0 Å². The molecule has 1 aliphatic heterocycles. The number of fused-ring (bicyclic) bond motifs is 1. The minimum absolute atomic E-state index is 0.182. The molecular formula is C30H29ClN4O3S. The van der Waals surface area contributed by atoms with Crippen LogP contribution in [0.25, 0.3) is 0 Å². The molecule has 3 aromatic carbocycles. The Morgan fingerprint density at radius 1 is 1.03 bits per heavy atom. The van der Waals surface area contributed by atoms with Crippen molar-refractivity contribution in [2.45, 2.75) is 44.7 Å². The van der Waals surface area contributed by atoms with Gasteiger partial charge in [0.05, 0.1) is 5.57 Å². The fraction of sp³-hybridized carbons (Fsp3) is 0.233. The van der Waals surface area contributed by atoms with Gasteiger partial charge in [0, 0.05) is 16.5 Å². The van der Waals surface area contributed by atoms with E-state index in [1.807, 2.05) is 85.8 Å². The van der Waals surface area contributed by atoms with Gasteiger partial charge in [-0.3, -0.25) is 0 Å². The average Bonchev–Trinajstić information content (AvgIpc) is 3.36. The van der Waals surface area contributed by atoms with Crippen molar-refractivity contribution in [3.05, 3.63) is 112 Å². The van der Waals surface area contributed by atoms with E-state index < -0.39 is 12.0 Å². The van der Waals surface area contributed by atoms with Gasteiger partial charge in [0.1, 0.15) is 25.0 Å². The molecule has 1 N–H and O–H groups in total. The quantitative estimate of drug-likeness (QED) is 0.164. The third kappa shape index (κ3) is 6.46. The highest BCUT2D eigenvalue weighted by Gasteiger charge is 2.35. The maximum atomic E-state index is 13.5. The van der Waals surface area contributed by atoms with Crippen LogP contribution in [-0.4, -0.2) is 26.5 Å². The molecule has 1 unspecified atom stereocenters. The second-order valence-corrected chi connectivity index (χ2v) is 10.6. The minimum Gasteiger partial charge on any atom is -0.489 e. The molecule has 0 saturated heterocycles. The Labute approximate surface area is 237 Å². The van der Waals surface area contributed by atoms with Crippen molar-refractivity contribution in [3.63, 3.8) is 0 Å². The van der Waals surface area contributed by atoms with E-state index in [1.54, 1.807) is 16.4 Å². The fourth-order valence-electron chi connectivity index (χ4n) is 4.30.